The van der Waals surface area contributed by atoms with Gasteiger partial charge < -0.3 is 10.2 Å². The van der Waals surface area contributed by atoms with Crippen LogP contribution in [0.3, 0.4) is 0 Å². The molecule has 0 aliphatic carbocycles. The van der Waals surface area contributed by atoms with Crippen LogP contribution in [0.25, 0.3) is 6.08 Å². The predicted molar refractivity (Wildman–Crippen MR) is 60.8 cm³/mol. The Morgan fingerprint density at radius 3 is 2.71 bits per heavy atom. The Morgan fingerprint density at radius 2 is 2.18 bits per heavy atom. The first-order chi connectivity index (χ1) is 8.06. The molecule has 0 unspecified atom stereocenters. The molecule has 0 amide bonds. The van der Waals surface area contributed by atoms with Crippen LogP contribution in [0.1, 0.15) is 22.3 Å². The third-order valence-corrected chi connectivity index (χ3v) is 2.05. The van der Waals surface area contributed by atoms with Crippen molar-refractivity contribution in [3.05, 3.63) is 45.5 Å². The Bertz CT molecular complexity index is 467. The SMILES string of the molecule is O=C(O)c1cc(C=CCCO)ccc1[N+](=O)[O-]. The summed E-state index contributed by atoms with van der Waals surface area (Å²) in [4.78, 5) is 20.7. The highest BCUT2D eigenvalue weighted by Gasteiger charge is 2.19. The van der Waals surface area contributed by atoms with Crippen molar-refractivity contribution >= 4 is 17.7 Å². The average molecular weight is 237 g/mol. The number of hydrogen-bond acceptors (Lipinski definition) is 4. The van der Waals surface area contributed by atoms with Gasteiger partial charge in [-0.05, 0) is 24.1 Å². The smallest absolute Gasteiger partial charge is 0.342 e. The van der Waals surface area contributed by atoms with E-state index in [1.165, 1.54) is 12.1 Å². The van der Waals surface area contributed by atoms with Crippen LogP contribution in [-0.4, -0.2) is 27.7 Å². The Hall–Kier alpha value is -2.21. The largest absolute Gasteiger partial charge is 0.477 e. The summed E-state index contributed by atoms with van der Waals surface area (Å²) in [5.74, 6) is -1.34. The molecule has 2 N–H and O–H groups in total. The second-order valence-electron chi connectivity index (χ2n) is 3.25. The average Bonchev–Trinajstić information content (AvgIpc) is 2.29. The van der Waals surface area contributed by atoms with E-state index in [4.69, 9.17) is 10.2 Å². The van der Waals surface area contributed by atoms with Crippen LogP contribution in [0.4, 0.5) is 5.69 Å². The number of aliphatic hydroxyl groups is 1. The van der Waals surface area contributed by atoms with Crippen LogP contribution in [-0.2, 0) is 0 Å². The van der Waals surface area contributed by atoms with Gasteiger partial charge in [-0.25, -0.2) is 4.79 Å². The topological polar surface area (TPSA) is 101 Å². The van der Waals surface area contributed by atoms with E-state index in [-0.39, 0.29) is 12.2 Å². The first kappa shape index (κ1) is 12.9. The lowest BCUT2D eigenvalue weighted by atomic mass is 10.1. The van der Waals surface area contributed by atoms with Gasteiger partial charge in [-0.15, -0.1) is 0 Å². The fraction of sp³-hybridized carbons (Fsp3) is 0.182. The number of carbonyl (C=O) groups is 1. The number of carboxylic acids is 1. The Labute approximate surface area is 97.0 Å². The highest BCUT2D eigenvalue weighted by molar-refractivity contribution is 5.93. The molecule has 0 atom stereocenters. The van der Waals surface area contributed by atoms with Crippen molar-refractivity contribution in [3.8, 4) is 0 Å². The third kappa shape index (κ3) is 3.39. The molecule has 0 aliphatic heterocycles. The lowest BCUT2D eigenvalue weighted by Gasteiger charge is -1.99. The zero-order valence-corrected chi connectivity index (χ0v) is 8.87. The Kier molecular flexibility index (Phi) is 4.36. The van der Waals surface area contributed by atoms with Gasteiger partial charge in [0.25, 0.3) is 5.69 Å². The van der Waals surface area contributed by atoms with Crippen LogP contribution in [0, 0.1) is 10.1 Å². The van der Waals surface area contributed by atoms with Crippen LogP contribution < -0.4 is 0 Å². The van der Waals surface area contributed by atoms with Crippen molar-refractivity contribution in [1.82, 2.24) is 0 Å². The molecule has 0 saturated heterocycles. The second kappa shape index (κ2) is 5.76. The molecule has 0 saturated carbocycles. The molecule has 90 valence electrons. The molecule has 0 bridgehead atoms. The maximum absolute atomic E-state index is 10.8. The maximum atomic E-state index is 10.8. The number of nitro benzene ring substituents is 1. The van der Waals surface area contributed by atoms with Crippen LogP contribution in [0.2, 0.25) is 0 Å². The number of benzene rings is 1. The minimum absolute atomic E-state index is 0.00469. The summed E-state index contributed by atoms with van der Waals surface area (Å²) < 4.78 is 0. The third-order valence-electron chi connectivity index (χ3n) is 2.05. The van der Waals surface area contributed by atoms with Gasteiger partial charge in [0.15, 0.2) is 0 Å². The van der Waals surface area contributed by atoms with Crippen molar-refractivity contribution in [3.63, 3.8) is 0 Å². The molecule has 1 rings (SSSR count). The molecule has 0 heterocycles. The lowest BCUT2D eigenvalue weighted by Crippen LogP contribution is -2.02. The number of aromatic carboxylic acids is 1. The summed E-state index contributed by atoms with van der Waals surface area (Å²) in [7, 11) is 0. The molecule has 0 aromatic heterocycles. The van der Waals surface area contributed by atoms with Gasteiger partial charge in [0.2, 0.25) is 0 Å². The normalized spacial score (nSPS) is 10.6. The van der Waals surface area contributed by atoms with Crippen molar-refractivity contribution in [2.24, 2.45) is 0 Å². The molecule has 0 radical (unpaired) electrons. The van der Waals surface area contributed by atoms with Crippen LogP contribution in [0.5, 0.6) is 0 Å². The molecule has 0 aliphatic rings. The van der Waals surface area contributed by atoms with Crippen molar-refractivity contribution in [1.29, 1.82) is 0 Å². The van der Waals surface area contributed by atoms with Crippen molar-refractivity contribution < 1.29 is 19.9 Å². The van der Waals surface area contributed by atoms with E-state index in [9.17, 15) is 14.9 Å². The van der Waals surface area contributed by atoms with Gasteiger partial charge in [-0.2, -0.15) is 0 Å². The van der Waals surface area contributed by atoms with Gasteiger partial charge in [0, 0.05) is 12.7 Å². The van der Waals surface area contributed by atoms with Crippen LogP contribution in [0.15, 0.2) is 24.3 Å². The van der Waals surface area contributed by atoms with E-state index in [1.54, 1.807) is 12.2 Å². The highest BCUT2D eigenvalue weighted by Crippen LogP contribution is 2.20. The number of nitrogens with zero attached hydrogens (tertiary/aromatic N) is 1. The van der Waals surface area contributed by atoms with E-state index in [0.29, 0.717) is 12.0 Å². The van der Waals surface area contributed by atoms with Crippen LogP contribution >= 0.6 is 0 Å². The van der Waals surface area contributed by atoms with Crippen molar-refractivity contribution in [2.45, 2.75) is 6.42 Å². The van der Waals surface area contributed by atoms with Crippen molar-refractivity contribution in [2.75, 3.05) is 6.61 Å². The molecule has 6 nitrogen and oxygen atoms in total. The molecule has 1 aromatic carbocycles. The first-order valence-corrected chi connectivity index (χ1v) is 4.85. The van der Waals surface area contributed by atoms with Gasteiger partial charge in [0.1, 0.15) is 5.56 Å². The number of hydrogen-bond donors (Lipinski definition) is 2. The summed E-state index contributed by atoms with van der Waals surface area (Å²) in [5, 5.41) is 28.0. The zero-order valence-electron chi connectivity index (χ0n) is 8.87. The summed E-state index contributed by atoms with van der Waals surface area (Å²) in [6.07, 6.45) is 3.71. The summed E-state index contributed by atoms with van der Waals surface area (Å²) in [6.45, 7) is -0.00469. The number of rotatable bonds is 5. The van der Waals surface area contributed by atoms with Gasteiger partial charge in [-0.1, -0.05) is 12.2 Å². The number of aliphatic hydroxyl groups excluding tert-OH is 1. The fourth-order valence-electron chi connectivity index (χ4n) is 1.28. The minimum atomic E-state index is -1.34. The first-order valence-electron chi connectivity index (χ1n) is 4.85. The van der Waals surface area contributed by atoms with Gasteiger partial charge in [-0.3, -0.25) is 10.1 Å². The summed E-state index contributed by atoms with van der Waals surface area (Å²) in [6, 6.07) is 3.84. The Morgan fingerprint density at radius 1 is 1.47 bits per heavy atom. The maximum Gasteiger partial charge on any atom is 0.342 e. The lowest BCUT2D eigenvalue weighted by molar-refractivity contribution is -0.385. The summed E-state index contributed by atoms with van der Waals surface area (Å²) in [5.41, 5.74) is -0.237. The molecule has 1 aromatic rings. The molecule has 17 heavy (non-hydrogen) atoms. The second-order valence-corrected chi connectivity index (χ2v) is 3.25. The van der Waals surface area contributed by atoms with E-state index < -0.39 is 16.6 Å². The van der Waals surface area contributed by atoms with E-state index >= 15 is 0 Å². The fourth-order valence-corrected chi connectivity index (χ4v) is 1.28. The molecule has 0 spiro atoms. The quantitative estimate of drug-likeness (QED) is 0.599. The number of carboxylic acid groups (broad SMARTS) is 1. The van der Waals surface area contributed by atoms with Gasteiger partial charge in [0.05, 0.1) is 4.92 Å². The number of nitro groups is 1. The molecule has 0 fully saturated rings. The van der Waals surface area contributed by atoms with Gasteiger partial charge >= 0.3 is 5.97 Å². The standard InChI is InChI=1S/C11H11NO5/c13-6-2-1-3-8-4-5-10(12(16)17)9(7-8)11(14)15/h1,3-5,7,13H,2,6H2,(H,14,15). The minimum Gasteiger partial charge on any atom is -0.477 e. The van der Waals surface area contributed by atoms with E-state index in [1.807, 2.05) is 0 Å². The zero-order chi connectivity index (χ0) is 12.8. The molecular formula is C11H11NO5. The van der Waals surface area contributed by atoms with E-state index in [0.717, 1.165) is 6.07 Å². The summed E-state index contributed by atoms with van der Waals surface area (Å²) >= 11 is 0. The Balaban J connectivity index is 3.10. The molecular weight excluding hydrogens is 226 g/mol. The monoisotopic (exact) mass is 237 g/mol. The highest BCUT2D eigenvalue weighted by atomic mass is 16.6. The van der Waals surface area contributed by atoms with E-state index in [2.05, 4.69) is 0 Å². The predicted octanol–water partition coefficient (Wildman–Crippen LogP) is 1.69. The molecule has 6 heteroatoms.